The standard InChI is InChI=1S/C14H14BrNO/c1-11-2-3-14(13(8-11)9-15)17-10-12-4-6-16-7-5-12/h2-8H,9-10H2,1H3. The number of pyridine rings is 1. The van der Waals surface area contributed by atoms with Crippen molar-refractivity contribution in [3.63, 3.8) is 0 Å². The molecule has 1 heterocycles. The fraction of sp³-hybridized carbons (Fsp3) is 0.214. The molecule has 17 heavy (non-hydrogen) atoms. The van der Waals surface area contributed by atoms with E-state index in [1.807, 2.05) is 18.2 Å². The van der Waals surface area contributed by atoms with Crippen LogP contribution in [0.2, 0.25) is 0 Å². The number of halogens is 1. The lowest BCUT2D eigenvalue weighted by atomic mass is 10.1. The van der Waals surface area contributed by atoms with Crippen LogP contribution in [0.4, 0.5) is 0 Å². The van der Waals surface area contributed by atoms with Crippen LogP contribution in [-0.4, -0.2) is 4.98 Å². The van der Waals surface area contributed by atoms with E-state index in [0.29, 0.717) is 6.61 Å². The summed E-state index contributed by atoms with van der Waals surface area (Å²) in [6, 6.07) is 10.1. The molecule has 2 nitrogen and oxygen atoms in total. The van der Waals surface area contributed by atoms with Gasteiger partial charge >= 0.3 is 0 Å². The van der Waals surface area contributed by atoms with E-state index < -0.39 is 0 Å². The molecular weight excluding hydrogens is 278 g/mol. The van der Waals surface area contributed by atoms with Gasteiger partial charge in [0.2, 0.25) is 0 Å². The molecule has 0 saturated heterocycles. The molecule has 0 atom stereocenters. The SMILES string of the molecule is Cc1ccc(OCc2ccncc2)c(CBr)c1. The molecule has 0 unspecified atom stereocenters. The zero-order valence-corrected chi connectivity index (χ0v) is 11.3. The van der Waals surface area contributed by atoms with Gasteiger partial charge in [0.15, 0.2) is 0 Å². The predicted octanol–water partition coefficient (Wildman–Crippen LogP) is 3.86. The second kappa shape index (κ2) is 5.82. The average molecular weight is 292 g/mol. The highest BCUT2D eigenvalue weighted by atomic mass is 79.9. The van der Waals surface area contributed by atoms with Crippen molar-refractivity contribution in [2.45, 2.75) is 18.9 Å². The molecule has 1 aromatic heterocycles. The van der Waals surface area contributed by atoms with Gasteiger partial charge in [0, 0.05) is 23.3 Å². The molecule has 3 heteroatoms. The van der Waals surface area contributed by atoms with Crippen LogP contribution in [0.25, 0.3) is 0 Å². The molecule has 0 spiro atoms. The number of benzene rings is 1. The Kier molecular flexibility index (Phi) is 4.15. The largest absolute Gasteiger partial charge is 0.489 e. The van der Waals surface area contributed by atoms with Crippen molar-refractivity contribution in [1.29, 1.82) is 0 Å². The van der Waals surface area contributed by atoms with Crippen molar-refractivity contribution in [2.75, 3.05) is 0 Å². The summed E-state index contributed by atoms with van der Waals surface area (Å²) in [7, 11) is 0. The third-order valence-corrected chi connectivity index (χ3v) is 3.11. The first-order chi connectivity index (χ1) is 8.29. The lowest BCUT2D eigenvalue weighted by Crippen LogP contribution is -1.98. The Morgan fingerprint density at radius 1 is 1.18 bits per heavy atom. The molecule has 0 radical (unpaired) electrons. The van der Waals surface area contributed by atoms with Gasteiger partial charge in [0.1, 0.15) is 12.4 Å². The van der Waals surface area contributed by atoms with E-state index in [2.05, 4.69) is 40.0 Å². The Morgan fingerprint density at radius 3 is 2.65 bits per heavy atom. The molecule has 2 rings (SSSR count). The van der Waals surface area contributed by atoms with Crippen LogP contribution in [0.5, 0.6) is 5.75 Å². The van der Waals surface area contributed by atoms with Gasteiger partial charge in [-0.05, 0) is 30.7 Å². The maximum atomic E-state index is 5.81. The Hall–Kier alpha value is -1.35. The molecule has 2 aromatic rings. The number of aromatic nitrogens is 1. The fourth-order valence-electron chi connectivity index (χ4n) is 1.59. The van der Waals surface area contributed by atoms with E-state index in [0.717, 1.165) is 16.6 Å². The minimum Gasteiger partial charge on any atom is -0.489 e. The van der Waals surface area contributed by atoms with Crippen molar-refractivity contribution >= 4 is 15.9 Å². The Labute approximate surface area is 110 Å². The molecule has 88 valence electrons. The first-order valence-electron chi connectivity index (χ1n) is 5.47. The molecule has 0 saturated carbocycles. The first kappa shape index (κ1) is 12.1. The first-order valence-corrected chi connectivity index (χ1v) is 6.59. The summed E-state index contributed by atoms with van der Waals surface area (Å²) in [4.78, 5) is 3.98. The highest BCUT2D eigenvalue weighted by Crippen LogP contribution is 2.23. The van der Waals surface area contributed by atoms with E-state index in [-0.39, 0.29) is 0 Å². The van der Waals surface area contributed by atoms with E-state index in [1.54, 1.807) is 12.4 Å². The lowest BCUT2D eigenvalue weighted by molar-refractivity contribution is 0.304. The highest BCUT2D eigenvalue weighted by molar-refractivity contribution is 9.08. The van der Waals surface area contributed by atoms with E-state index in [1.165, 1.54) is 11.1 Å². The van der Waals surface area contributed by atoms with Crippen molar-refractivity contribution in [1.82, 2.24) is 4.98 Å². The summed E-state index contributed by atoms with van der Waals surface area (Å²) in [6.07, 6.45) is 3.55. The molecular formula is C14H14BrNO. The molecule has 0 amide bonds. The maximum absolute atomic E-state index is 5.81. The Morgan fingerprint density at radius 2 is 1.94 bits per heavy atom. The smallest absolute Gasteiger partial charge is 0.123 e. The Bertz CT molecular complexity index is 485. The lowest BCUT2D eigenvalue weighted by Gasteiger charge is -2.10. The number of alkyl halides is 1. The molecule has 0 aliphatic heterocycles. The van der Waals surface area contributed by atoms with Crippen LogP contribution >= 0.6 is 15.9 Å². The van der Waals surface area contributed by atoms with Gasteiger partial charge < -0.3 is 4.74 Å². The van der Waals surface area contributed by atoms with E-state index in [4.69, 9.17) is 4.74 Å². The van der Waals surface area contributed by atoms with Gasteiger partial charge in [0.05, 0.1) is 0 Å². The zero-order chi connectivity index (χ0) is 12.1. The number of aryl methyl sites for hydroxylation is 1. The monoisotopic (exact) mass is 291 g/mol. The summed E-state index contributed by atoms with van der Waals surface area (Å²) in [5.41, 5.74) is 3.55. The van der Waals surface area contributed by atoms with Gasteiger partial charge in [-0.1, -0.05) is 33.6 Å². The van der Waals surface area contributed by atoms with Crippen molar-refractivity contribution in [3.05, 3.63) is 59.4 Å². The van der Waals surface area contributed by atoms with Crippen LogP contribution in [-0.2, 0) is 11.9 Å². The molecule has 0 fully saturated rings. The maximum Gasteiger partial charge on any atom is 0.123 e. The number of ether oxygens (including phenoxy) is 1. The number of rotatable bonds is 4. The van der Waals surface area contributed by atoms with Crippen molar-refractivity contribution < 1.29 is 4.74 Å². The third-order valence-electron chi connectivity index (χ3n) is 2.50. The van der Waals surface area contributed by atoms with E-state index >= 15 is 0 Å². The number of nitrogens with zero attached hydrogens (tertiary/aromatic N) is 1. The zero-order valence-electron chi connectivity index (χ0n) is 9.69. The van der Waals surface area contributed by atoms with E-state index in [9.17, 15) is 0 Å². The summed E-state index contributed by atoms with van der Waals surface area (Å²) < 4.78 is 5.81. The molecule has 0 aliphatic rings. The quantitative estimate of drug-likeness (QED) is 0.798. The van der Waals surface area contributed by atoms with Gasteiger partial charge in [-0.25, -0.2) is 0 Å². The normalized spacial score (nSPS) is 10.2. The fourth-order valence-corrected chi connectivity index (χ4v) is 2.03. The van der Waals surface area contributed by atoms with Crippen LogP contribution in [0.1, 0.15) is 16.7 Å². The van der Waals surface area contributed by atoms with Crippen LogP contribution in [0, 0.1) is 6.92 Å². The molecule has 0 aliphatic carbocycles. The van der Waals surface area contributed by atoms with Crippen LogP contribution in [0.3, 0.4) is 0 Å². The number of hydrogen-bond donors (Lipinski definition) is 0. The summed E-state index contributed by atoms with van der Waals surface area (Å²) in [6.45, 7) is 2.66. The predicted molar refractivity (Wildman–Crippen MR) is 72.4 cm³/mol. The summed E-state index contributed by atoms with van der Waals surface area (Å²) in [5.74, 6) is 0.935. The number of hydrogen-bond acceptors (Lipinski definition) is 2. The van der Waals surface area contributed by atoms with Gasteiger partial charge in [-0.3, -0.25) is 4.98 Å². The minimum atomic E-state index is 0.575. The summed E-state index contributed by atoms with van der Waals surface area (Å²) in [5, 5.41) is 0.806. The average Bonchev–Trinajstić information content (AvgIpc) is 2.38. The molecule has 0 bridgehead atoms. The van der Waals surface area contributed by atoms with Crippen molar-refractivity contribution in [2.24, 2.45) is 0 Å². The minimum absolute atomic E-state index is 0.575. The van der Waals surface area contributed by atoms with Crippen LogP contribution < -0.4 is 4.74 Å². The highest BCUT2D eigenvalue weighted by Gasteiger charge is 2.03. The topological polar surface area (TPSA) is 22.1 Å². The third kappa shape index (κ3) is 3.30. The van der Waals surface area contributed by atoms with Gasteiger partial charge in [-0.2, -0.15) is 0 Å². The molecule has 1 aromatic carbocycles. The van der Waals surface area contributed by atoms with Gasteiger partial charge in [-0.15, -0.1) is 0 Å². The second-order valence-electron chi connectivity index (χ2n) is 3.89. The summed E-state index contributed by atoms with van der Waals surface area (Å²) >= 11 is 3.48. The molecule has 0 N–H and O–H groups in total. The van der Waals surface area contributed by atoms with Crippen LogP contribution in [0.15, 0.2) is 42.7 Å². The second-order valence-corrected chi connectivity index (χ2v) is 4.45. The Balaban J connectivity index is 2.09. The van der Waals surface area contributed by atoms with Crippen molar-refractivity contribution in [3.8, 4) is 5.75 Å². The van der Waals surface area contributed by atoms with Gasteiger partial charge in [0.25, 0.3) is 0 Å².